The van der Waals surface area contributed by atoms with Crippen LogP contribution in [0.15, 0.2) is 51.9 Å². The number of phenolic OH excluding ortho intramolecular Hbond substituents is 1. The van der Waals surface area contributed by atoms with Gasteiger partial charge in [0.05, 0.1) is 12.3 Å². The molecule has 0 radical (unpaired) electrons. The Morgan fingerprint density at radius 3 is 2.59 bits per heavy atom. The Labute approximate surface area is 139 Å². The molecule has 0 atom stereocenters. The van der Waals surface area contributed by atoms with Gasteiger partial charge in [-0.2, -0.15) is 0 Å². The Bertz CT molecular complexity index is 623. The first kappa shape index (κ1) is 16.6. The third-order valence-electron chi connectivity index (χ3n) is 3.20. The molecule has 116 valence electrons. The zero-order valence-electron chi connectivity index (χ0n) is 12.6. The highest BCUT2D eigenvalue weighted by molar-refractivity contribution is 9.10. The predicted molar refractivity (Wildman–Crippen MR) is 94.5 cm³/mol. The van der Waals surface area contributed by atoms with E-state index >= 15 is 0 Å². The molecule has 2 aromatic carbocycles. The van der Waals surface area contributed by atoms with Crippen molar-refractivity contribution < 1.29 is 9.84 Å². The molecular weight excluding hydrogens is 342 g/mol. The lowest BCUT2D eigenvalue weighted by Gasteiger charge is -2.07. The van der Waals surface area contributed by atoms with Crippen LogP contribution in [0.4, 0.5) is 5.69 Å². The molecule has 0 aliphatic rings. The maximum absolute atomic E-state index is 10.0. The molecule has 4 heteroatoms. The fourth-order valence-corrected chi connectivity index (χ4v) is 2.20. The van der Waals surface area contributed by atoms with Gasteiger partial charge in [0.15, 0.2) is 0 Å². The van der Waals surface area contributed by atoms with Gasteiger partial charge in [-0.25, -0.2) is 0 Å². The summed E-state index contributed by atoms with van der Waals surface area (Å²) in [4.78, 5) is 4.35. The maximum Gasteiger partial charge on any atom is 0.128 e. The molecule has 22 heavy (non-hydrogen) atoms. The van der Waals surface area contributed by atoms with Crippen molar-refractivity contribution >= 4 is 27.8 Å². The third-order valence-corrected chi connectivity index (χ3v) is 3.73. The van der Waals surface area contributed by atoms with E-state index in [0.717, 1.165) is 23.0 Å². The number of aromatic hydroxyl groups is 1. The first-order valence-electron chi connectivity index (χ1n) is 7.44. The summed E-state index contributed by atoms with van der Waals surface area (Å²) in [6.45, 7) is 2.84. The second kappa shape index (κ2) is 8.59. The van der Waals surface area contributed by atoms with Crippen molar-refractivity contribution in [1.29, 1.82) is 0 Å². The molecule has 0 saturated heterocycles. The number of phenols is 1. The van der Waals surface area contributed by atoms with Crippen LogP contribution in [0.25, 0.3) is 0 Å². The van der Waals surface area contributed by atoms with Crippen LogP contribution in [0.5, 0.6) is 11.5 Å². The Kier molecular flexibility index (Phi) is 6.46. The fraction of sp³-hybridized carbons (Fsp3) is 0.278. The summed E-state index contributed by atoms with van der Waals surface area (Å²) in [6, 6.07) is 13.0. The molecule has 0 aliphatic carbocycles. The normalized spacial score (nSPS) is 11.0. The van der Waals surface area contributed by atoms with Crippen LogP contribution in [0, 0.1) is 0 Å². The van der Waals surface area contributed by atoms with Gasteiger partial charge in [0.25, 0.3) is 0 Å². The van der Waals surface area contributed by atoms with Crippen molar-refractivity contribution in [3.05, 3.63) is 52.5 Å². The lowest BCUT2D eigenvalue weighted by molar-refractivity contribution is 0.304. The molecular formula is C18H20BrNO2. The van der Waals surface area contributed by atoms with Crippen LogP contribution in [0.1, 0.15) is 31.7 Å². The SMILES string of the molecule is CCCCCOc1ccc(C=Nc2ccc(Br)cc2)c(O)c1. The zero-order valence-corrected chi connectivity index (χ0v) is 14.2. The van der Waals surface area contributed by atoms with Crippen LogP contribution < -0.4 is 4.74 Å². The molecule has 2 aromatic rings. The van der Waals surface area contributed by atoms with E-state index in [2.05, 4.69) is 27.8 Å². The standard InChI is InChI=1S/C18H20BrNO2/c1-2-3-4-11-22-17-10-5-14(18(21)12-17)13-20-16-8-6-15(19)7-9-16/h5-10,12-13,21H,2-4,11H2,1H3. The molecule has 0 heterocycles. The average molecular weight is 362 g/mol. The lowest BCUT2D eigenvalue weighted by Crippen LogP contribution is -1.97. The van der Waals surface area contributed by atoms with Crippen LogP contribution in [0.3, 0.4) is 0 Å². The summed E-state index contributed by atoms with van der Waals surface area (Å²) < 4.78 is 6.62. The van der Waals surface area contributed by atoms with Crippen molar-refractivity contribution in [2.45, 2.75) is 26.2 Å². The third kappa shape index (κ3) is 5.19. The minimum Gasteiger partial charge on any atom is -0.507 e. The van der Waals surface area contributed by atoms with Crippen LogP contribution in [-0.4, -0.2) is 17.9 Å². The van der Waals surface area contributed by atoms with E-state index in [1.165, 1.54) is 6.42 Å². The number of hydrogen-bond acceptors (Lipinski definition) is 3. The molecule has 0 fully saturated rings. The second-order valence-electron chi connectivity index (χ2n) is 5.01. The van der Waals surface area contributed by atoms with Crippen LogP contribution in [0.2, 0.25) is 0 Å². The smallest absolute Gasteiger partial charge is 0.128 e. The topological polar surface area (TPSA) is 41.8 Å². The van der Waals surface area contributed by atoms with E-state index in [1.54, 1.807) is 12.3 Å². The van der Waals surface area contributed by atoms with E-state index in [0.29, 0.717) is 17.9 Å². The monoisotopic (exact) mass is 361 g/mol. The number of halogens is 1. The molecule has 2 rings (SSSR count). The molecule has 0 saturated carbocycles. The summed E-state index contributed by atoms with van der Waals surface area (Å²) in [7, 11) is 0. The van der Waals surface area contributed by atoms with Gasteiger partial charge in [-0.3, -0.25) is 4.99 Å². The average Bonchev–Trinajstić information content (AvgIpc) is 2.52. The second-order valence-corrected chi connectivity index (χ2v) is 5.93. The summed E-state index contributed by atoms with van der Waals surface area (Å²) in [5.41, 5.74) is 1.51. The van der Waals surface area contributed by atoms with Crippen molar-refractivity contribution in [3.8, 4) is 11.5 Å². The van der Waals surface area contributed by atoms with Crippen molar-refractivity contribution in [1.82, 2.24) is 0 Å². The largest absolute Gasteiger partial charge is 0.507 e. The predicted octanol–water partition coefficient (Wildman–Crippen LogP) is 5.47. The maximum atomic E-state index is 10.0. The van der Waals surface area contributed by atoms with Crippen LogP contribution in [-0.2, 0) is 0 Å². The Morgan fingerprint density at radius 2 is 1.91 bits per heavy atom. The van der Waals surface area contributed by atoms with Crippen LogP contribution >= 0.6 is 15.9 Å². The highest BCUT2D eigenvalue weighted by Gasteiger charge is 2.02. The minimum atomic E-state index is 0.175. The molecule has 1 N–H and O–H groups in total. The minimum absolute atomic E-state index is 0.175. The Balaban J connectivity index is 1.98. The first-order valence-corrected chi connectivity index (χ1v) is 8.24. The van der Waals surface area contributed by atoms with Gasteiger partial charge in [-0.1, -0.05) is 35.7 Å². The molecule has 3 nitrogen and oxygen atoms in total. The molecule has 0 aromatic heterocycles. The summed E-state index contributed by atoms with van der Waals surface area (Å²) in [5, 5.41) is 10.0. The summed E-state index contributed by atoms with van der Waals surface area (Å²) in [5.74, 6) is 0.864. The van der Waals surface area contributed by atoms with Gasteiger partial charge in [-0.15, -0.1) is 0 Å². The van der Waals surface area contributed by atoms with Crippen molar-refractivity contribution in [2.75, 3.05) is 6.61 Å². The summed E-state index contributed by atoms with van der Waals surface area (Å²) >= 11 is 3.39. The lowest BCUT2D eigenvalue weighted by atomic mass is 10.2. The van der Waals surface area contributed by atoms with Gasteiger partial charge >= 0.3 is 0 Å². The quantitative estimate of drug-likeness (QED) is 0.524. The van der Waals surface area contributed by atoms with Gasteiger partial charge < -0.3 is 9.84 Å². The van der Waals surface area contributed by atoms with Gasteiger partial charge in [0.2, 0.25) is 0 Å². The van der Waals surface area contributed by atoms with Gasteiger partial charge in [0, 0.05) is 22.3 Å². The number of hydrogen-bond donors (Lipinski definition) is 1. The van der Waals surface area contributed by atoms with Gasteiger partial charge in [0.1, 0.15) is 11.5 Å². The highest BCUT2D eigenvalue weighted by atomic mass is 79.9. The molecule has 0 spiro atoms. The van der Waals surface area contributed by atoms with Gasteiger partial charge in [-0.05, 0) is 42.8 Å². The Morgan fingerprint density at radius 1 is 1.14 bits per heavy atom. The Hall–Kier alpha value is -1.81. The number of rotatable bonds is 7. The molecule has 0 unspecified atom stereocenters. The summed E-state index contributed by atoms with van der Waals surface area (Å²) in [6.07, 6.45) is 5.01. The number of ether oxygens (including phenoxy) is 1. The number of nitrogens with zero attached hydrogens (tertiary/aromatic N) is 1. The fourth-order valence-electron chi connectivity index (χ4n) is 1.94. The number of aliphatic imine (C=N–C) groups is 1. The van der Waals surface area contributed by atoms with Crippen molar-refractivity contribution in [3.63, 3.8) is 0 Å². The van der Waals surface area contributed by atoms with E-state index in [4.69, 9.17) is 4.74 Å². The van der Waals surface area contributed by atoms with Crippen molar-refractivity contribution in [2.24, 2.45) is 4.99 Å². The zero-order chi connectivity index (χ0) is 15.8. The molecule has 0 amide bonds. The van der Waals surface area contributed by atoms with E-state index in [-0.39, 0.29) is 5.75 Å². The first-order chi connectivity index (χ1) is 10.7. The van der Waals surface area contributed by atoms with E-state index < -0.39 is 0 Å². The number of unbranched alkanes of at least 4 members (excludes halogenated alkanes) is 2. The highest BCUT2D eigenvalue weighted by Crippen LogP contribution is 2.24. The van der Waals surface area contributed by atoms with E-state index in [9.17, 15) is 5.11 Å². The number of benzene rings is 2. The van der Waals surface area contributed by atoms with E-state index in [1.807, 2.05) is 36.4 Å². The molecule has 0 aliphatic heterocycles. The molecule has 0 bridgehead atoms.